The minimum absolute atomic E-state index is 0.171. The average Bonchev–Trinajstić information content (AvgIpc) is 2.87. The summed E-state index contributed by atoms with van der Waals surface area (Å²) >= 11 is 3.52. The number of aryl methyl sites for hydroxylation is 1. The van der Waals surface area contributed by atoms with Crippen molar-refractivity contribution in [1.82, 2.24) is 5.43 Å². The number of rotatable bonds is 12. The smallest absolute Gasteiger partial charge is 0.240 e. The summed E-state index contributed by atoms with van der Waals surface area (Å²) < 4.78 is 18.0. The van der Waals surface area contributed by atoms with Gasteiger partial charge in [0.2, 0.25) is 5.91 Å². The van der Waals surface area contributed by atoms with E-state index in [1.165, 1.54) is 5.56 Å². The third-order valence-electron chi connectivity index (χ3n) is 5.04. The molecule has 0 aromatic heterocycles. The molecule has 6 nitrogen and oxygen atoms in total. The van der Waals surface area contributed by atoms with Crippen molar-refractivity contribution in [2.45, 2.75) is 32.8 Å². The lowest BCUT2D eigenvalue weighted by Crippen LogP contribution is -2.18. The SMILES string of the molecule is CCc1ccc(OCCCC(=O)N/N=C/c2ccc(OCc3ccccc3)c(OC)c2)c(Br)c1. The molecule has 0 aliphatic rings. The highest BCUT2D eigenvalue weighted by atomic mass is 79.9. The molecule has 0 bridgehead atoms. The van der Waals surface area contributed by atoms with E-state index in [-0.39, 0.29) is 5.91 Å². The number of carbonyl (C=O) groups excluding carboxylic acids is 1. The van der Waals surface area contributed by atoms with Crippen LogP contribution in [0.4, 0.5) is 0 Å². The first-order valence-electron chi connectivity index (χ1n) is 11.2. The molecular formula is C27H29BrN2O4. The Morgan fingerprint density at radius 2 is 1.76 bits per heavy atom. The van der Waals surface area contributed by atoms with Crippen LogP contribution >= 0.6 is 15.9 Å². The van der Waals surface area contributed by atoms with Crippen molar-refractivity contribution in [3.8, 4) is 17.2 Å². The van der Waals surface area contributed by atoms with E-state index in [0.29, 0.717) is 37.6 Å². The number of hydrazone groups is 1. The molecule has 3 rings (SSSR count). The Morgan fingerprint density at radius 1 is 0.971 bits per heavy atom. The highest BCUT2D eigenvalue weighted by molar-refractivity contribution is 9.10. The first-order valence-corrected chi connectivity index (χ1v) is 12.0. The number of ether oxygens (including phenoxy) is 3. The molecule has 3 aromatic rings. The Morgan fingerprint density at radius 3 is 2.50 bits per heavy atom. The molecule has 0 aliphatic heterocycles. The molecular weight excluding hydrogens is 496 g/mol. The molecule has 0 heterocycles. The maximum Gasteiger partial charge on any atom is 0.240 e. The third-order valence-corrected chi connectivity index (χ3v) is 5.66. The highest BCUT2D eigenvalue weighted by Crippen LogP contribution is 2.28. The van der Waals surface area contributed by atoms with Crippen LogP contribution in [0.15, 0.2) is 76.3 Å². The lowest BCUT2D eigenvalue weighted by atomic mass is 10.2. The molecule has 0 unspecified atom stereocenters. The fourth-order valence-electron chi connectivity index (χ4n) is 3.15. The number of nitrogens with one attached hydrogen (secondary N) is 1. The Bertz CT molecular complexity index is 1100. The van der Waals surface area contributed by atoms with Crippen LogP contribution in [-0.4, -0.2) is 25.8 Å². The van der Waals surface area contributed by atoms with Crippen molar-refractivity contribution < 1.29 is 19.0 Å². The van der Waals surface area contributed by atoms with Crippen molar-refractivity contribution in [3.05, 3.63) is 87.9 Å². The number of benzene rings is 3. The van der Waals surface area contributed by atoms with E-state index >= 15 is 0 Å². The first kappa shape index (κ1) is 25.3. The summed E-state index contributed by atoms with van der Waals surface area (Å²) in [5.74, 6) is 1.85. The van der Waals surface area contributed by atoms with E-state index in [0.717, 1.165) is 27.8 Å². The molecule has 0 saturated heterocycles. The van der Waals surface area contributed by atoms with Crippen LogP contribution in [0.5, 0.6) is 17.2 Å². The van der Waals surface area contributed by atoms with Crippen molar-refractivity contribution in [2.75, 3.05) is 13.7 Å². The predicted octanol–water partition coefficient (Wildman–Crippen LogP) is 5.91. The van der Waals surface area contributed by atoms with Crippen LogP contribution in [0.3, 0.4) is 0 Å². The van der Waals surface area contributed by atoms with Gasteiger partial charge >= 0.3 is 0 Å². The van der Waals surface area contributed by atoms with E-state index in [2.05, 4.69) is 33.4 Å². The first-order chi connectivity index (χ1) is 16.6. The molecule has 0 saturated carbocycles. The van der Waals surface area contributed by atoms with Gasteiger partial charge in [0.05, 0.1) is 24.4 Å². The van der Waals surface area contributed by atoms with Gasteiger partial charge in [0.15, 0.2) is 11.5 Å². The van der Waals surface area contributed by atoms with E-state index in [1.807, 2.05) is 66.7 Å². The van der Waals surface area contributed by atoms with Crippen LogP contribution in [0.1, 0.15) is 36.5 Å². The maximum absolute atomic E-state index is 12.1. The highest BCUT2D eigenvalue weighted by Gasteiger charge is 2.07. The van der Waals surface area contributed by atoms with E-state index in [4.69, 9.17) is 14.2 Å². The summed E-state index contributed by atoms with van der Waals surface area (Å²) in [4.78, 5) is 12.1. The topological polar surface area (TPSA) is 69.2 Å². The Labute approximate surface area is 209 Å². The maximum atomic E-state index is 12.1. The van der Waals surface area contributed by atoms with Crippen LogP contribution in [0, 0.1) is 0 Å². The summed E-state index contributed by atoms with van der Waals surface area (Å²) in [6.07, 6.45) is 3.45. The van der Waals surface area contributed by atoms with Gasteiger partial charge in [-0.3, -0.25) is 4.79 Å². The molecule has 178 valence electrons. The number of carbonyl (C=O) groups is 1. The molecule has 3 aromatic carbocycles. The fourth-order valence-corrected chi connectivity index (χ4v) is 3.69. The zero-order valence-corrected chi connectivity index (χ0v) is 21.0. The fraction of sp³-hybridized carbons (Fsp3) is 0.259. The molecule has 7 heteroatoms. The summed E-state index contributed by atoms with van der Waals surface area (Å²) in [5, 5.41) is 4.04. The van der Waals surface area contributed by atoms with Gasteiger partial charge in [0, 0.05) is 6.42 Å². The summed E-state index contributed by atoms with van der Waals surface area (Å²) in [5.41, 5.74) is 5.65. The van der Waals surface area contributed by atoms with Gasteiger partial charge in [-0.2, -0.15) is 5.10 Å². The quantitative estimate of drug-likeness (QED) is 0.181. The number of amides is 1. The Kier molecular flexibility index (Phi) is 9.98. The van der Waals surface area contributed by atoms with Gasteiger partial charge in [0.25, 0.3) is 0 Å². The second kappa shape index (κ2) is 13.4. The van der Waals surface area contributed by atoms with Crippen LogP contribution in [0.25, 0.3) is 0 Å². The standard InChI is InChI=1S/C27H29BrN2O4/c1-3-20-11-13-24(23(28)16-20)33-15-7-10-27(31)30-29-18-22-12-14-25(26(17-22)32-2)34-19-21-8-5-4-6-9-21/h4-6,8-9,11-14,16-18H,3,7,10,15,19H2,1-2H3,(H,30,31)/b29-18+. The lowest BCUT2D eigenvalue weighted by Gasteiger charge is -2.11. The monoisotopic (exact) mass is 524 g/mol. The van der Waals surface area contributed by atoms with E-state index in [1.54, 1.807) is 13.3 Å². The number of nitrogens with zero attached hydrogens (tertiary/aromatic N) is 1. The average molecular weight is 525 g/mol. The second-order valence-electron chi connectivity index (χ2n) is 7.55. The molecule has 34 heavy (non-hydrogen) atoms. The number of hydrogen-bond acceptors (Lipinski definition) is 5. The van der Waals surface area contributed by atoms with Crippen molar-refractivity contribution >= 4 is 28.1 Å². The lowest BCUT2D eigenvalue weighted by molar-refractivity contribution is -0.121. The van der Waals surface area contributed by atoms with E-state index in [9.17, 15) is 4.79 Å². The molecule has 1 N–H and O–H groups in total. The van der Waals surface area contributed by atoms with Gasteiger partial charge in [-0.05, 0) is 75.8 Å². The van der Waals surface area contributed by atoms with Gasteiger partial charge in [-0.25, -0.2) is 5.43 Å². The largest absolute Gasteiger partial charge is 0.493 e. The number of hydrogen-bond donors (Lipinski definition) is 1. The molecule has 0 aliphatic carbocycles. The van der Waals surface area contributed by atoms with Crippen LogP contribution in [0.2, 0.25) is 0 Å². The Balaban J connectivity index is 1.42. The van der Waals surface area contributed by atoms with Gasteiger partial charge < -0.3 is 14.2 Å². The van der Waals surface area contributed by atoms with Crippen molar-refractivity contribution in [2.24, 2.45) is 5.10 Å². The molecule has 0 spiro atoms. The Hall–Kier alpha value is -3.32. The molecule has 0 fully saturated rings. The summed E-state index contributed by atoms with van der Waals surface area (Å²) in [6.45, 7) is 3.00. The summed E-state index contributed by atoms with van der Waals surface area (Å²) in [7, 11) is 1.59. The zero-order valence-electron chi connectivity index (χ0n) is 19.4. The second-order valence-corrected chi connectivity index (χ2v) is 8.40. The van der Waals surface area contributed by atoms with Crippen molar-refractivity contribution in [1.29, 1.82) is 0 Å². The minimum Gasteiger partial charge on any atom is -0.493 e. The number of halogens is 1. The third kappa shape index (κ3) is 7.92. The predicted molar refractivity (Wildman–Crippen MR) is 138 cm³/mol. The molecule has 1 amide bonds. The minimum atomic E-state index is -0.171. The van der Waals surface area contributed by atoms with E-state index < -0.39 is 0 Å². The summed E-state index contributed by atoms with van der Waals surface area (Å²) in [6, 6.07) is 21.5. The van der Waals surface area contributed by atoms with Gasteiger partial charge in [-0.1, -0.05) is 43.3 Å². The van der Waals surface area contributed by atoms with Gasteiger partial charge in [0.1, 0.15) is 12.4 Å². The normalized spacial score (nSPS) is 10.8. The molecule has 0 radical (unpaired) electrons. The van der Waals surface area contributed by atoms with Crippen LogP contribution < -0.4 is 19.6 Å². The van der Waals surface area contributed by atoms with Crippen LogP contribution in [-0.2, 0) is 17.8 Å². The van der Waals surface area contributed by atoms with Crippen molar-refractivity contribution in [3.63, 3.8) is 0 Å². The molecule has 0 atom stereocenters. The van der Waals surface area contributed by atoms with Gasteiger partial charge in [-0.15, -0.1) is 0 Å². The number of methoxy groups -OCH3 is 1. The zero-order chi connectivity index (χ0) is 24.2.